The van der Waals surface area contributed by atoms with Crippen molar-refractivity contribution in [3.8, 4) is 10.8 Å². The molecule has 0 saturated carbocycles. The summed E-state index contributed by atoms with van der Waals surface area (Å²) in [6, 6.07) is 3.73. The maximum atomic E-state index is 12.2. The van der Waals surface area contributed by atoms with Crippen LogP contribution in [0.4, 0.5) is 0 Å². The highest BCUT2D eigenvalue weighted by atomic mass is 32.1. The third-order valence-electron chi connectivity index (χ3n) is 3.16. The molecule has 3 rings (SSSR count). The lowest BCUT2D eigenvalue weighted by Gasteiger charge is -2.12. The van der Waals surface area contributed by atoms with Gasteiger partial charge < -0.3 is 9.73 Å². The number of aryl methyl sites for hydroxylation is 2. The van der Waals surface area contributed by atoms with E-state index in [-0.39, 0.29) is 17.8 Å². The molecule has 1 atom stereocenters. The van der Waals surface area contributed by atoms with Crippen LogP contribution in [-0.4, -0.2) is 20.5 Å². The quantitative estimate of drug-likeness (QED) is 0.791. The monoisotopic (exact) mass is 334 g/mol. The molecule has 0 bridgehead atoms. The molecule has 0 saturated heterocycles. The maximum Gasteiger partial charge on any atom is 0.309 e. The van der Waals surface area contributed by atoms with E-state index >= 15 is 0 Å². The first-order valence-electron chi connectivity index (χ1n) is 6.67. The number of carbonyl (C=O) groups is 1. The molecule has 0 aliphatic rings. The molecule has 6 nitrogen and oxygen atoms in total. The van der Waals surface area contributed by atoms with Crippen molar-refractivity contribution in [2.75, 3.05) is 0 Å². The molecule has 1 N–H and O–H groups in total. The lowest BCUT2D eigenvalue weighted by atomic mass is 10.1. The number of nitrogens with zero attached hydrogens (tertiary/aromatic N) is 3. The van der Waals surface area contributed by atoms with Crippen molar-refractivity contribution in [1.29, 1.82) is 0 Å². The second kappa shape index (κ2) is 5.98. The van der Waals surface area contributed by atoms with Gasteiger partial charge in [-0.2, -0.15) is 0 Å². The van der Waals surface area contributed by atoms with E-state index in [9.17, 15) is 4.79 Å². The van der Waals surface area contributed by atoms with Gasteiger partial charge in [0.1, 0.15) is 4.88 Å². The van der Waals surface area contributed by atoms with Gasteiger partial charge in [0.2, 0.25) is 0 Å². The minimum absolute atomic E-state index is 0.0418. The zero-order chi connectivity index (χ0) is 15.7. The van der Waals surface area contributed by atoms with Gasteiger partial charge in [-0.1, -0.05) is 0 Å². The molecule has 0 aliphatic carbocycles. The summed E-state index contributed by atoms with van der Waals surface area (Å²) in [5, 5.41) is 10.6. The number of hydrogen-bond acceptors (Lipinski definition) is 7. The molecule has 3 aromatic heterocycles. The zero-order valence-corrected chi connectivity index (χ0v) is 13.9. The molecule has 0 aromatic carbocycles. The fourth-order valence-electron chi connectivity index (χ4n) is 2.16. The van der Waals surface area contributed by atoms with Gasteiger partial charge in [-0.05, 0) is 50.0 Å². The Morgan fingerprint density at radius 2 is 2.18 bits per heavy atom. The third-order valence-corrected chi connectivity index (χ3v) is 4.88. The number of nitrogens with one attached hydrogen (secondary N) is 1. The van der Waals surface area contributed by atoms with Crippen LogP contribution in [0.3, 0.4) is 0 Å². The van der Waals surface area contributed by atoms with Crippen molar-refractivity contribution in [3.63, 3.8) is 0 Å². The van der Waals surface area contributed by atoms with E-state index < -0.39 is 0 Å². The first kappa shape index (κ1) is 14.9. The van der Waals surface area contributed by atoms with Crippen LogP contribution in [0.25, 0.3) is 10.8 Å². The first-order valence-corrected chi connectivity index (χ1v) is 8.26. The van der Waals surface area contributed by atoms with Gasteiger partial charge in [0, 0.05) is 16.0 Å². The summed E-state index contributed by atoms with van der Waals surface area (Å²) in [6.45, 7) is 6.03. The Morgan fingerprint density at radius 1 is 1.36 bits per heavy atom. The van der Waals surface area contributed by atoms with Crippen molar-refractivity contribution in [2.45, 2.75) is 26.8 Å². The largest absolute Gasteiger partial charge is 0.411 e. The molecule has 3 heterocycles. The van der Waals surface area contributed by atoms with E-state index in [0.717, 1.165) is 10.4 Å². The van der Waals surface area contributed by atoms with Crippen LogP contribution in [0.1, 0.15) is 39.0 Å². The van der Waals surface area contributed by atoms with Gasteiger partial charge >= 0.3 is 11.8 Å². The number of hydrogen-bond donors (Lipinski definition) is 1. The van der Waals surface area contributed by atoms with Crippen LogP contribution in [0.2, 0.25) is 0 Å². The minimum atomic E-state index is -0.376. The average Bonchev–Trinajstić information content (AvgIpc) is 3.17. The molecule has 0 fully saturated rings. The normalized spacial score (nSPS) is 12.3. The topological polar surface area (TPSA) is 80.9 Å². The smallest absolute Gasteiger partial charge is 0.309 e. The number of rotatable bonds is 4. The molecular formula is C14H14N4O2S2. The van der Waals surface area contributed by atoms with Crippen molar-refractivity contribution in [1.82, 2.24) is 19.9 Å². The van der Waals surface area contributed by atoms with E-state index in [1.807, 2.05) is 13.8 Å². The van der Waals surface area contributed by atoms with E-state index in [1.165, 1.54) is 21.3 Å². The van der Waals surface area contributed by atoms with Crippen LogP contribution in [-0.2, 0) is 0 Å². The van der Waals surface area contributed by atoms with Crippen LogP contribution in [0.15, 0.2) is 22.7 Å². The molecule has 8 heteroatoms. The lowest BCUT2D eigenvalue weighted by Crippen LogP contribution is -2.27. The highest BCUT2D eigenvalue weighted by Gasteiger charge is 2.20. The molecule has 0 radical (unpaired) electrons. The first-order chi connectivity index (χ1) is 10.5. The van der Waals surface area contributed by atoms with Gasteiger partial charge in [-0.25, -0.2) is 4.37 Å². The van der Waals surface area contributed by atoms with Gasteiger partial charge in [-0.3, -0.25) is 4.79 Å². The van der Waals surface area contributed by atoms with Crippen LogP contribution >= 0.6 is 22.9 Å². The van der Waals surface area contributed by atoms with E-state index in [4.69, 9.17) is 4.42 Å². The van der Waals surface area contributed by atoms with Crippen molar-refractivity contribution >= 4 is 28.8 Å². The summed E-state index contributed by atoms with van der Waals surface area (Å²) in [6.07, 6.45) is 1.65. The van der Waals surface area contributed by atoms with Crippen LogP contribution in [0, 0.1) is 13.8 Å². The molecule has 114 valence electrons. The summed E-state index contributed by atoms with van der Waals surface area (Å²) in [4.78, 5) is 15.4. The highest BCUT2D eigenvalue weighted by Crippen LogP contribution is 2.26. The third kappa shape index (κ3) is 2.93. The highest BCUT2D eigenvalue weighted by molar-refractivity contribution is 7.12. The summed E-state index contributed by atoms with van der Waals surface area (Å²) in [5.41, 5.74) is 1.11. The molecule has 1 amide bonds. The summed E-state index contributed by atoms with van der Waals surface area (Å²) in [7, 11) is 0. The Balaban J connectivity index is 1.73. The Bertz CT molecular complexity index is 792. The molecule has 3 aromatic rings. The maximum absolute atomic E-state index is 12.2. The van der Waals surface area contributed by atoms with Gasteiger partial charge in [0.15, 0.2) is 0 Å². The molecular weight excluding hydrogens is 320 g/mol. The Labute approximate surface area is 135 Å². The van der Waals surface area contributed by atoms with Gasteiger partial charge in [-0.15, -0.1) is 21.5 Å². The second-order valence-electron chi connectivity index (χ2n) is 4.85. The Morgan fingerprint density at radius 3 is 2.82 bits per heavy atom. The molecule has 22 heavy (non-hydrogen) atoms. The second-order valence-corrected chi connectivity index (χ2v) is 7.15. The summed E-state index contributed by atoms with van der Waals surface area (Å²) >= 11 is 2.95. The summed E-state index contributed by atoms with van der Waals surface area (Å²) in [5.74, 6) is -0.110. The summed E-state index contributed by atoms with van der Waals surface area (Å²) < 4.78 is 9.37. The van der Waals surface area contributed by atoms with Crippen molar-refractivity contribution in [2.24, 2.45) is 0 Å². The Hall–Kier alpha value is -2.06. The van der Waals surface area contributed by atoms with Gasteiger partial charge in [0.05, 0.1) is 6.04 Å². The average molecular weight is 334 g/mol. The van der Waals surface area contributed by atoms with Crippen LogP contribution in [0.5, 0.6) is 0 Å². The predicted molar refractivity (Wildman–Crippen MR) is 85.1 cm³/mol. The van der Waals surface area contributed by atoms with Crippen molar-refractivity contribution in [3.05, 3.63) is 39.5 Å². The number of thiophene rings is 1. The minimum Gasteiger partial charge on any atom is -0.411 e. The van der Waals surface area contributed by atoms with E-state index in [1.54, 1.807) is 23.6 Å². The standard InChI is InChI=1S/C14H14N4O2S2/c1-7-6-10(9(3)21-7)8(2)16-12(19)14-18-17-13(20-14)11-4-5-15-22-11/h4-6,8H,1-3H3,(H,16,19). The van der Waals surface area contributed by atoms with E-state index in [0.29, 0.717) is 5.89 Å². The van der Waals surface area contributed by atoms with Crippen molar-refractivity contribution < 1.29 is 9.21 Å². The molecule has 1 unspecified atom stereocenters. The molecule has 0 aliphatic heterocycles. The zero-order valence-electron chi connectivity index (χ0n) is 12.3. The fraction of sp³-hybridized carbons (Fsp3) is 0.286. The molecule has 0 spiro atoms. The number of carbonyl (C=O) groups excluding carboxylic acids is 1. The van der Waals surface area contributed by atoms with Gasteiger partial charge in [0.25, 0.3) is 5.89 Å². The lowest BCUT2D eigenvalue weighted by molar-refractivity contribution is 0.0905. The predicted octanol–water partition coefficient (Wildman–Crippen LogP) is 3.36. The fourth-order valence-corrected chi connectivity index (χ4v) is 3.70. The Kier molecular flexibility index (Phi) is 4.04. The van der Waals surface area contributed by atoms with E-state index in [2.05, 4.69) is 32.9 Å². The number of amides is 1. The SMILES string of the molecule is Cc1cc(C(C)NC(=O)c2nnc(-c3ccns3)o2)c(C)s1. The number of aromatic nitrogens is 3. The van der Waals surface area contributed by atoms with Crippen LogP contribution < -0.4 is 5.32 Å².